The summed E-state index contributed by atoms with van der Waals surface area (Å²) in [5.74, 6) is -1.47. The second kappa shape index (κ2) is 1.56. The lowest BCUT2D eigenvalue weighted by molar-refractivity contribution is -0.563. The molecular weight excluding hydrogens is 164 g/mol. The number of ether oxygens (including phenoxy) is 5. The van der Waals surface area contributed by atoms with Crippen molar-refractivity contribution in [1.82, 2.24) is 0 Å². The molecule has 5 heteroatoms. The van der Waals surface area contributed by atoms with Gasteiger partial charge in [-0.3, -0.25) is 9.47 Å². The van der Waals surface area contributed by atoms with Gasteiger partial charge in [0.25, 0.3) is 5.97 Å². The maximum absolute atomic E-state index is 5.43. The van der Waals surface area contributed by atoms with Crippen molar-refractivity contribution in [3.05, 3.63) is 0 Å². The molecule has 0 aromatic carbocycles. The Morgan fingerprint density at radius 1 is 1.42 bits per heavy atom. The number of hydrogen-bond donors (Lipinski definition) is 0. The average Bonchev–Trinajstić information content (AvgIpc) is 2.88. The van der Waals surface area contributed by atoms with Gasteiger partial charge in [-0.15, -0.1) is 0 Å². The van der Waals surface area contributed by atoms with E-state index in [0.717, 1.165) is 6.61 Å². The van der Waals surface area contributed by atoms with Crippen molar-refractivity contribution < 1.29 is 23.7 Å². The van der Waals surface area contributed by atoms with E-state index in [0.29, 0.717) is 13.0 Å². The molecule has 2 unspecified atom stereocenters. The highest BCUT2D eigenvalue weighted by atomic mass is 17.1. The third-order valence-electron chi connectivity index (χ3n) is 2.57. The van der Waals surface area contributed by atoms with Gasteiger partial charge in [0.15, 0.2) is 6.10 Å². The predicted molar refractivity (Wildman–Crippen MR) is 32.8 cm³/mol. The zero-order valence-corrected chi connectivity index (χ0v) is 6.32. The molecule has 5 nitrogen and oxygen atoms in total. The van der Waals surface area contributed by atoms with Crippen LogP contribution in [0.25, 0.3) is 0 Å². The summed E-state index contributed by atoms with van der Waals surface area (Å²) < 4.78 is 26.2. The van der Waals surface area contributed by atoms with Gasteiger partial charge in [0, 0.05) is 0 Å². The molecule has 5 aliphatic rings. The Balaban J connectivity index is 1.43. The van der Waals surface area contributed by atoms with E-state index in [9.17, 15) is 0 Å². The highest BCUT2D eigenvalue weighted by molar-refractivity contribution is 5.05. The van der Waals surface area contributed by atoms with Gasteiger partial charge in [0.1, 0.15) is 6.10 Å². The second-order valence-corrected chi connectivity index (χ2v) is 3.57. The summed E-state index contributed by atoms with van der Waals surface area (Å²) in [4.78, 5) is 0. The fourth-order valence-corrected chi connectivity index (χ4v) is 1.76. The summed E-state index contributed by atoms with van der Waals surface area (Å²) in [5, 5.41) is 0. The zero-order valence-electron chi connectivity index (χ0n) is 6.32. The van der Waals surface area contributed by atoms with Crippen LogP contribution in [-0.2, 0) is 23.7 Å². The van der Waals surface area contributed by atoms with Crippen molar-refractivity contribution in [3.63, 3.8) is 0 Å². The Labute approximate surface area is 68.5 Å². The fourth-order valence-electron chi connectivity index (χ4n) is 1.76. The van der Waals surface area contributed by atoms with Crippen LogP contribution in [0.5, 0.6) is 0 Å². The van der Waals surface area contributed by atoms with E-state index >= 15 is 0 Å². The molecule has 1 spiro atoms. The van der Waals surface area contributed by atoms with Crippen LogP contribution in [-0.4, -0.2) is 37.4 Å². The third-order valence-corrected chi connectivity index (χ3v) is 2.57. The first-order valence-electron chi connectivity index (χ1n) is 4.14. The van der Waals surface area contributed by atoms with Gasteiger partial charge in [-0.1, -0.05) is 0 Å². The highest BCUT2D eigenvalue weighted by Gasteiger charge is 2.85. The maximum atomic E-state index is 5.43. The second-order valence-electron chi connectivity index (χ2n) is 3.57. The summed E-state index contributed by atoms with van der Waals surface area (Å²) in [6.45, 7) is 1.35. The van der Waals surface area contributed by atoms with Crippen LogP contribution in [0, 0.1) is 0 Å². The molecule has 0 aromatic heterocycles. The normalized spacial score (nSPS) is 64.0. The lowest BCUT2D eigenvalue weighted by Gasteiger charge is -2.39. The molecule has 0 amide bonds. The molecule has 5 fully saturated rings. The van der Waals surface area contributed by atoms with Gasteiger partial charge in [-0.25, -0.2) is 0 Å². The predicted octanol–water partition coefficient (Wildman–Crippen LogP) is -0.441. The molecule has 5 aliphatic heterocycles. The van der Waals surface area contributed by atoms with Crippen molar-refractivity contribution in [2.45, 2.75) is 30.6 Å². The Kier molecular flexibility index (Phi) is 0.816. The van der Waals surface area contributed by atoms with Crippen LogP contribution >= 0.6 is 0 Å². The molecule has 0 radical (unpaired) electrons. The van der Waals surface area contributed by atoms with Crippen LogP contribution in [0.4, 0.5) is 0 Å². The quantitative estimate of drug-likeness (QED) is 0.540. The molecule has 0 aliphatic carbocycles. The van der Waals surface area contributed by atoms with E-state index in [4.69, 9.17) is 23.7 Å². The van der Waals surface area contributed by atoms with Gasteiger partial charge < -0.3 is 14.2 Å². The van der Waals surface area contributed by atoms with Crippen LogP contribution in [0.1, 0.15) is 6.42 Å². The third kappa shape index (κ3) is 0.627. The number of hydrogen-bond acceptors (Lipinski definition) is 5. The van der Waals surface area contributed by atoms with Gasteiger partial charge in [-0.05, 0) is 0 Å². The molecule has 5 saturated heterocycles. The Morgan fingerprint density at radius 3 is 2.83 bits per heavy atom. The van der Waals surface area contributed by atoms with Crippen molar-refractivity contribution >= 4 is 0 Å². The van der Waals surface area contributed by atoms with Crippen molar-refractivity contribution in [2.24, 2.45) is 0 Å². The van der Waals surface area contributed by atoms with Crippen molar-refractivity contribution in [1.29, 1.82) is 0 Å². The van der Waals surface area contributed by atoms with Gasteiger partial charge in [-0.2, -0.15) is 0 Å². The zero-order chi connectivity index (χ0) is 7.81. The fraction of sp³-hybridized carbons (Fsp3) is 1.00. The SMILES string of the molecule is C1OC1COC12CC3OC3(O1)O2. The largest absolute Gasteiger partial charge is 0.371 e. The first kappa shape index (κ1) is 6.28. The molecule has 12 heavy (non-hydrogen) atoms. The lowest BCUT2D eigenvalue weighted by Crippen LogP contribution is -2.53. The van der Waals surface area contributed by atoms with Crippen molar-refractivity contribution in [3.8, 4) is 0 Å². The molecule has 5 heterocycles. The minimum absolute atomic E-state index is 0.109. The topological polar surface area (TPSA) is 52.8 Å². The molecule has 66 valence electrons. The lowest BCUT2D eigenvalue weighted by atomic mass is 10.3. The Morgan fingerprint density at radius 2 is 2.25 bits per heavy atom. The highest BCUT2D eigenvalue weighted by Crippen LogP contribution is 2.65. The number of rotatable bonds is 3. The van der Waals surface area contributed by atoms with E-state index in [-0.39, 0.29) is 12.2 Å². The van der Waals surface area contributed by atoms with E-state index in [1.165, 1.54) is 0 Å². The first-order chi connectivity index (χ1) is 5.80. The van der Waals surface area contributed by atoms with E-state index < -0.39 is 11.9 Å². The Bertz CT molecular complexity index is 237. The monoisotopic (exact) mass is 172 g/mol. The molecule has 5 rings (SSSR count). The van der Waals surface area contributed by atoms with E-state index in [1.54, 1.807) is 0 Å². The van der Waals surface area contributed by atoms with Gasteiger partial charge in [0.2, 0.25) is 0 Å². The average molecular weight is 172 g/mol. The standard InChI is InChI=1S/C7H8O5/c1-5-7(10-5)11-6(1,12-7)9-3-4-2-8-4/h4-5H,1-3H2. The van der Waals surface area contributed by atoms with Gasteiger partial charge in [0.05, 0.1) is 19.6 Å². The maximum Gasteiger partial charge on any atom is 0.320 e. The van der Waals surface area contributed by atoms with Crippen molar-refractivity contribution in [2.75, 3.05) is 13.2 Å². The first-order valence-corrected chi connectivity index (χ1v) is 4.14. The van der Waals surface area contributed by atoms with Crippen LogP contribution in [0.2, 0.25) is 0 Å². The minimum atomic E-state index is -0.783. The van der Waals surface area contributed by atoms with Crippen LogP contribution in [0.15, 0.2) is 0 Å². The van der Waals surface area contributed by atoms with Crippen LogP contribution < -0.4 is 0 Å². The molecule has 0 N–H and O–H groups in total. The van der Waals surface area contributed by atoms with Crippen LogP contribution in [0.3, 0.4) is 0 Å². The summed E-state index contributed by atoms with van der Waals surface area (Å²) in [7, 11) is 0. The molecule has 0 aromatic rings. The van der Waals surface area contributed by atoms with Gasteiger partial charge >= 0.3 is 5.97 Å². The summed E-state index contributed by atoms with van der Waals surface area (Å²) in [6, 6.07) is 0. The van der Waals surface area contributed by atoms with E-state index in [1.807, 2.05) is 0 Å². The molecule has 0 saturated carbocycles. The summed E-state index contributed by atoms with van der Waals surface area (Å²) in [6.07, 6.45) is 1.05. The summed E-state index contributed by atoms with van der Waals surface area (Å²) in [5.41, 5.74) is 0. The smallest absolute Gasteiger partial charge is 0.320 e. The molecule has 2 bridgehead atoms. The molecule has 2 atom stereocenters. The van der Waals surface area contributed by atoms with E-state index in [2.05, 4.69) is 0 Å². The summed E-state index contributed by atoms with van der Waals surface area (Å²) >= 11 is 0. The number of epoxide rings is 2. The molecular formula is C7H8O5. The Hall–Kier alpha value is -0.200. The minimum Gasteiger partial charge on any atom is -0.371 e.